The number of rotatable bonds is 9. The lowest BCUT2D eigenvalue weighted by atomic mass is 10.1. The second-order valence-electron chi connectivity index (χ2n) is 7.54. The second-order valence-corrected chi connectivity index (χ2v) is 7.54. The summed E-state index contributed by atoms with van der Waals surface area (Å²) in [5.74, 6) is -0.0359. The number of benzene rings is 1. The zero-order valence-corrected chi connectivity index (χ0v) is 19.1. The third kappa shape index (κ3) is 4.89. The van der Waals surface area contributed by atoms with Gasteiger partial charge in [-0.1, -0.05) is 11.6 Å². The summed E-state index contributed by atoms with van der Waals surface area (Å²) in [5, 5.41) is 14.4. The fourth-order valence-electron chi connectivity index (χ4n) is 3.47. The molecule has 1 aromatic carbocycles. The first-order valence-electron chi connectivity index (χ1n) is 10.6. The number of amides is 2. The van der Waals surface area contributed by atoms with Crippen molar-refractivity contribution in [2.75, 3.05) is 32.7 Å². The number of methoxy groups -OCH3 is 2. The number of aromatic nitrogens is 5. The van der Waals surface area contributed by atoms with Gasteiger partial charge in [0.05, 0.1) is 25.6 Å². The molecule has 11 heteroatoms. The molecule has 0 bridgehead atoms. The Morgan fingerprint density at radius 1 is 1.21 bits per heavy atom. The predicted octanol–water partition coefficient (Wildman–Crippen LogP) is 1.92. The number of fused-ring (bicyclic) bond motifs is 1. The molecule has 0 fully saturated rings. The normalized spacial score (nSPS) is 10.9. The fraction of sp³-hybridized carbons (Fsp3) is 0.261. The zero-order valence-electron chi connectivity index (χ0n) is 19.1. The van der Waals surface area contributed by atoms with Gasteiger partial charge in [-0.05, 0) is 25.1 Å². The van der Waals surface area contributed by atoms with E-state index in [0.717, 1.165) is 5.56 Å². The molecule has 4 aromatic rings. The first kappa shape index (κ1) is 22.9. The molecule has 0 radical (unpaired) electrons. The molecule has 2 N–H and O–H groups in total. The average Bonchev–Trinajstić information content (AvgIpc) is 3.43. The van der Waals surface area contributed by atoms with Crippen LogP contribution in [0.5, 0.6) is 5.75 Å². The van der Waals surface area contributed by atoms with Gasteiger partial charge in [0.2, 0.25) is 5.91 Å². The van der Waals surface area contributed by atoms with Crippen molar-refractivity contribution in [3.05, 3.63) is 60.2 Å². The summed E-state index contributed by atoms with van der Waals surface area (Å²) in [7, 11) is 3.13. The van der Waals surface area contributed by atoms with Gasteiger partial charge in [0.1, 0.15) is 23.6 Å². The van der Waals surface area contributed by atoms with Crippen molar-refractivity contribution in [1.29, 1.82) is 0 Å². The summed E-state index contributed by atoms with van der Waals surface area (Å²) in [6, 6.07) is 7.40. The van der Waals surface area contributed by atoms with Gasteiger partial charge in [0, 0.05) is 37.8 Å². The molecular weight excluding hydrogens is 438 g/mol. The lowest BCUT2D eigenvalue weighted by molar-refractivity contribution is -0.122. The Morgan fingerprint density at radius 2 is 2.06 bits per heavy atom. The molecule has 3 aromatic heterocycles. The van der Waals surface area contributed by atoms with E-state index in [0.29, 0.717) is 47.1 Å². The van der Waals surface area contributed by atoms with Gasteiger partial charge in [-0.15, -0.1) is 0 Å². The van der Waals surface area contributed by atoms with E-state index in [1.165, 1.54) is 15.4 Å². The Hall–Kier alpha value is -4.25. The van der Waals surface area contributed by atoms with E-state index >= 15 is 0 Å². The van der Waals surface area contributed by atoms with Crippen LogP contribution in [0.3, 0.4) is 0 Å². The van der Waals surface area contributed by atoms with Crippen LogP contribution < -0.4 is 15.4 Å². The van der Waals surface area contributed by atoms with Gasteiger partial charge in [0.25, 0.3) is 5.91 Å². The summed E-state index contributed by atoms with van der Waals surface area (Å²) in [4.78, 5) is 29.7. The number of hydrogen-bond donors (Lipinski definition) is 2. The zero-order chi connectivity index (χ0) is 24.1. The standard InChI is InChI=1S/C23H25N7O4/c1-15-5-6-19(34-3)16(11-15)21-18(13-29(28-21)14-20(31)24-8-10-33-2)27-23(32)17-12-26-30-9-4-7-25-22(17)30/h4-7,9,11-13H,8,10,14H2,1-3H3,(H,24,31)(H,27,32). The molecule has 0 saturated heterocycles. The van der Waals surface area contributed by atoms with Crippen molar-refractivity contribution in [2.45, 2.75) is 13.5 Å². The molecule has 2 amide bonds. The molecule has 0 spiro atoms. The fourth-order valence-corrected chi connectivity index (χ4v) is 3.47. The predicted molar refractivity (Wildman–Crippen MR) is 125 cm³/mol. The lowest BCUT2D eigenvalue weighted by Crippen LogP contribution is -2.30. The van der Waals surface area contributed by atoms with Crippen LogP contribution >= 0.6 is 0 Å². The van der Waals surface area contributed by atoms with Crippen LogP contribution in [-0.2, 0) is 16.1 Å². The summed E-state index contributed by atoms with van der Waals surface area (Å²) in [6.07, 6.45) is 6.38. The SMILES string of the molecule is COCCNC(=O)Cn1cc(NC(=O)c2cnn3cccnc23)c(-c2cc(C)ccc2OC)n1. The van der Waals surface area contributed by atoms with Gasteiger partial charge in [-0.3, -0.25) is 14.3 Å². The topological polar surface area (TPSA) is 125 Å². The van der Waals surface area contributed by atoms with E-state index in [1.54, 1.807) is 38.9 Å². The van der Waals surface area contributed by atoms with E-state index in [1.807, 2.05) is 25.1 Å². The Labute approximate surface area is 195 Å². The highest BCUT2D eigenvalue weighted by Crippen LogP contribution is 2.35. The molecule has 0 unspecified atom stereocenters. The van der Waals surface area contributed by atoms with Gasteiger partial charge in [-0.25, -0.2) is 9.50 Å². The van der Waals surface area contributed by atoms with Crippen LogP contribution in [0.25, 0.3) is 16.9 Å². The molecule has 176 valence electrons. The Kier molecular flexibility index (Phi) is 6.83. The molecule has 3 heterocycles. The minimum atomic E-state index is -0.398. The minimum absolute atomic E-state index is 0.0288. The number of hydrogen-bond acceptors (Lipinski definition) is 7. The maximum atomic E-state index is 13.1. The molecular formula is C23H25N7O4. The number of nitrogens with zero attached hydrogens (tertiary/aromatic N) is 5. The quantitative estimate of drug-likeness (QED) is 0.363. The van der Waals surface area contributed by atoms with Crippen LogP contribution in [0, 0.1) is 6.92 Å². The molecule has 0 aliphatic carbocycles. The van der Waals surface area contributed by atoms with E-state index in [-0.39, 0.29) is 12.5 Å². The average molecular weight is 463 g/mol. The van der Waals surface area contributed by atoms with Crippen molar-refractivity contribution < 1.29 is 19.1 Å². The number of ether oxygens (including phenoxy) is 2. The van der Waals surface area contributed by atoms with Crippen molar-refractivity contribution >= 4 is 23.1 Å². The minimum Gasteiger partial charge on any atom is -0.496 e. The first-order valence-corrected chi connectivity index (χ1v) is 10.6. The number of nitrogens with one attached hydrogen (secondary N) is 2. The molecule has 0 aliphatic rings. The monoisotopic (exact) mass is 463 g/mol. The van der Waals surface area contributed by atoms with Gasteiger partial charge in [-0.2, -0.15) is 10.2 Å². The number of carbonyl (C=O) groups excluding carboxylic acids is 2. The smallest absolute Gasteiger partial charge is 0.261 e. The largest absolute Gasteiger partial charge is 0.496 e. The highest BCUT2D eigenvalue weighted by atomic mass is 16.5. The summed E-state index contributed by atoms with van der Waals surface area (Å²) in [6.45, 7) is 2.72. The van der Waals surface area contributed by atoms with Gasteiger partial charge in [0.15, 0.2) is 5.65 Å². The molecule has 0 saturated carbocycles. The van der Waals surface area contributed by atoms with E-state index < -0.39 is 5.91 Å². The number of anilines is 1. The summed E-state index contributed by atoms with van der Waals surface area (Å²) < 4.78 is 13.5. The van der Waals surface area contributed by atoms with Gasteiger partial charge >= 0.3 is 0 Å². The maximum Gasteiger partial charge on any atom is 0.261 e. The molecule has 4 rings (SSSR count). The van der Waals surface area contributed by atoms with Gasteiger partial charge < -0.3 is 20.1 Å². The highest BCUT2D eigenvalue weighted by molar-refractivity contribution is 6.09. The van der Waals surface area contributed by atoms with Crippen LogP contribution in [0.4, 0.5) is 5.69 Å². The Bertz CT molecular complexity index is 1330. The third-order valence-electron chi connectivity index (χ3n) is 5.08. The Morgan fingerprint density at radius 3 is 2.85 bits per heavy atom. The van der Waals surface area contributed by atoms with Crippen molar-refractivity contribution in [2.24, 2.45) is 0 Å². The van der Waals surface area contributed by atoms with Crippen LogP contribution in [0.1, 0.15) is 15.9 Å². The van der Waals surface area contributed by atoms with Crippen LogP contribution in [0.2, 0.25) is 0 Å². The number of carbonyl (C=O) groups is 2. The first-order chi connectivity index (χ1) is 16.5. The van der Waals surface area contributed by atoms with Crippen molar-refractivity contribution in [3.63, 3.8) is 0 Å². The Balaban J connectivity index is 1.68. The van der Waals surface area contributed by atoms with Crippen molar-refractivity contribution in [3.8, 4) is 17.0 Å². The molecule has 0 aliphatic heterocycles. The van der Waals surface area contributed by atoms with E-state index in [2.05, 4.69) is 25.8 Å². The molecule has 34 heavy (non-hydrogen) atoms. The molecule has 11 nitrogen and oxygen atoms in total. The van der Waals surface area contributed by atoms with Crippen LogP contribution in [-0.4, -0.2) is 63.6 Å². The second kappa shape index (κ2) is 10.1. The lowest BCUT2D eigenvalue weighted by Gasteiger charge is -2.10. The number of aryl methyl sites for hydroxylation is 1. The summed E-state index contributed by atoms with van der Waals surface area (Å²) >= 11 is 0. The highest BCUT2D eigenvalue weighted by Gasteiger charge is 2.21. The van der Waals surface area contributed by atoms with E-state index in [4.69, 9.17) is 9.47 Å². The third-order valence-corrected chi connectivity index (χ3v) is 5.08. The van der Waals surface area contributed by atoms with Crippen LogP contribution in [0.15, 0.2) is 49.1 Å². The summed E-state index contributed by atoms with van der Waals surface area (Å²) in [5.41, 5.74) is 3.32. The van der Waals surface area contributed by atoms with E-state index in [9.17, 15) is 9.59 Å². The maximum absolute atomic E-state index is 13.1. The molecule has 0 atom stereocenters. The van der Waals surface area contributed by atoms with Crippen molar-refractivity contribution in [1.82, 2.24) is 29.7 Å².